The molecule has 0 saturated carbocycles. The summed E-state index contributed by atoms with van der Waals surface area (Å²) in [5.74, 6) is -0.912. The molecule has 0 N–H and O–H groups in total. The third-order valence-electron chi connectivity index (χ3n) is 6.42. The summed E-state index contributed by atoms with van der Waals surface area (Å²) >= 11 is 0. The van der Waals surface area contributed by atoms with Crippen molar-refractivity contribution >= 4 is 21.7 Å². The van der Waals surface area contributed by atoms with Gasteiger partial charge in [0.15, 0.2) is 11.6 Å². The molecule has 7 nitrogen and oxygen atoms in total. The number of hydrogen-bond acceptors (Lipinski definition) is 6. The van der Waals surface area contributed by atoms with E-state index in [1.165, 1.54) is 23.5 Å². The minimum atomic E-state index is -3.80. The molecule has 214 valence electrons. The number of sulfonamides is 1. The second-order valence-electron chi connectivity index (χ2n) is 9.40. The van der Waals surface area contributed by atoms with Crippen molar-refractivity contribution < 1.29 is 31.8 Å². The number of halogens is 1. The zero-order valence-electron chi connectivity index (χ0n) is 22.9. The molecular weight excluding hydrogens is 545 g/mol. The maximum Gasteiger partial charge on any atom is 0.338 e. The molecule has 0 aromatic heterocycles. The van der Waals surface area contributed by atoms with Crippen molar-refractivity contribution in [1.82, 2.24) is 0 Å². The third-order valence-corrected chi connectivity index (χ3v) is 7.64. The summed E-state index contributed by atoms with van der Waals surface area (Å²) in [5, 5.41) is 0. The van der Waals surface area contributed by atoms with Gasteiger partial charge < -0.3 is 14.2 Å². The molecule has 0 aliphatic rings. The lowest BCUT2D eigenvalue weighted by atomic mass is 10.0. The van der Waals surface area contributed by atoms with Crippen LogP contribution in [-0.2, 0) is 26.1 Å². The molecule has 0 spiro atoms. The van der Waals surface area contributed by atoms with Gasteiger partial charge in [-0.1, -0.05) is 66.7 Å². The Morgan fingerprint density at radius 2 is 1.51 bits per heavy atom. The minimum Gasteiger partial charge on any atom is -0.494 e. The van der Waals surface area contributed by atoms with E-state index in [4.69, 9.17) is 14.2 Å². The van der Waals surface area contributed by atoms with Gasteiger partial charge in [0.2, 0.25) is 10.0 Å². The Morgan fingerprint density at radius 3 is 2.12 bits per heavy atom. The molecule has 9 heteroatoms. The van der Waals surface area contributed by atoms with Gasteiger partial charge in [-0.15, -0.1) is 0 Å². The summed E-state index contributed by atoms with van der Waals surface area (Å²) in [6.45, 7) is 0.419. The van der Waals surface area contributed by atoms with E-state index in [2.05, 4.69) is 0 Å². The first kappa shape index (κ1) is 29.8. The van der Waals surface area contributed by atoms with Gasteiger partial charge in [-0.2, -0.15) is 0 Å². The van der Waals surface area contributed by atoms with Crippen molar-refractivity contribution in [2.75, 3.05) is 30.9 Å². The first-order valence-corrected chi connectivity index (χ1v) is 14.9. The number of carbonyl (C=O) groups is 1. The molecule has 0 radical (unpaired) electrons. The van der Waals surface area contributed by atoms with E-state index in [0.29, 0.717) is 29.0 Å². The van der Waals surface area contributed by atoms with Crippen LogP contribution < -0.4 is 9.04 Å². The van der Waals surface area contributed by atoms with Crippen LogP contribution in [0.4, 0.5) is 10.1 Å². The molecule has 1 atom stereocenters. The number of anilines is 1. The topological polar surface area (TPSA) is 82.1 Å². The molecule has 4 aromatic rings. The SMILES string of the molecule is COc1ccc(-c2ccc(N([C@H](CCOCc3ccccc3)COC(=O)c3ccccc3)S(C)(=O)=O)cc2)cc1F. The molecule has 0 saturated heterocycles. The quantitative estimate of drug-likeness (QED) is 0.141. The fourth-order valence-electron chi connectivity index (χ4n) is 4.40. The van der Waals surface area contributed by atoms with Gasteiger partial charge in [-0.25, -0.2) is 17.6 Å². The molecule has 41 heavy (non-hydrogen) atoms. The van der Waals surface area contributed by atoms with Crippen molar-refractivity contribution in [3.8, 4) is 16.9 Å². The van der Waals surface area contributed by atoms with Crippen LogP contribution >= 0.6 is 0 Å². The second-order valence-corrected chi connectivity index (χ2v) is 11.3. The van der Waals surface area contributed by atoms with E-state index in [-0.39, 0.29) is 25.4 Å². The van der Waals surface area contributed by atoms with Crippen LogP contribution in [0.5, 0.6) is 5.75 Å². The van der Waals surface area contributed by atoms with Crippen LogP contribution in [0.1, 0.15) is 22.3 Å². The standard InChI is InChI=1S/C32H32FNO6S/c1-38-31-18-15-27(21-30(31)33)25-13-16-28(17-14-25)34(41(2,36)37)29(19-20-39-22-24-9-5-3-6-10-24)23-40-32(35)26-11-7-4-8-12-26/h3-18,21,29H,19-20,22-23H2,1-2H3/t29-/m1/s1. The average molecular weight is 578 g/mol. The summed E-state index contributed by atoms with van der Waals surface area (Å²) in [5.41, 5.74) is 3.05. The van der Waals surface area contributed by atoms with Gasteiger partial charge in [0, 0.05) is 6.61 Å². The van der Waals surface area contributed by atoms with Crippen molar-refractivity contribution in [3.05, 3.63) is 120 Å². The van der Waals surface area contributed by atoms with Crippen LogP contribution in [0.15, 0.2) is 103 Å². The summed E-state index contributed by atoms with van der Waals surface area (Å²) in [7, 11) is -2.41. The number of ether oxygens (including phenoxy) is 3. The molecule has 0 unspecified atom stereocenters. The highest BCUT2D eigenvalue weighted by molar-refractivity contribution is 7.92. The van der Waals surface area contributed by atoms with Gasteiger partial charge in [0.1, 0.15) is 6.61 Å². The Labute approximate surface area is 240 Å². The number of rotatable bonds is 13. The van der Waals surface area contributed by atoms with E-state index in [9.17, 15) is 17.6 Å². The van der Waals surface area contributed by atoms with Gasteiger partial charge in [-0.3, -0.25) is 4.31 Å². The molecule has 4 rings (SSSR count). The first-order chi connectivity index (χ1) is 19.8. The molecule has 0 aliphatic carbocycles. The van der Waals surface area contributed by atoms with Gasteiger partial charge >= 0.3 is 5.97 Å². The minimum absolute atomic E-state index is 0.135. The summed E-state index contributed by atoms with van der Waals surface area (Å²) in [6, 6.07) is 28.8. The molecule has 0 bridgehead atoms. The predicted molar refractivity (Wildman–Crippen MR) is 157 cm³/mol. The van der Waals surface area contributed by atoms with E-state index in [0.717, 1.165) is 11.8 Å². The van der Waals surface area contributed by atoms with Crippen LogP contribution in [0.3, 0.4) is 0 Å². The van der Waals surface area contributed by atoms with Crippen molar-refractivity contribution in [2.24, 2.45) is 0 Å². The Kier molecular flexibility index (Phi) is 10.1. The molecular formula is C32H32FNO6S. The van der Waals surface area contributed by atoms with E-state index >= 15 is 0 Å². The maximum absolute atomic E-state index is 14.3. The number of benzene rings is 4. The number of hydrogen-bond donors (Lipinski definition) is 0. The Morgan fingerprint density at radius 1 is 0.878 bits per heavy atom. The lowest BCUT2D eigenvalue weighted by Gasteiger charge is -2.31. The lowest BCUT2D eigenvalue weighted by Crippen LogP contribution is -2.43. The Bertz CT molecular complexity index is 1530. The normalized spacial score (nSPS) is 12.0. The summed E-state index contributed by atoms with van der Waals surface area (Å²) < 4.78 is 58.1. The fourth-order valence-corrected chi connectivity index (χ4v) is 5.61. The molecule has 4 aromatic carbocycles. The number of nitrogens with zero attached hydrogens (tertiary/aromatic N) is 1. The predicted octanol–water partition coefficient (Wildman–Crippen LogP) is 6.10. The second kappa shape index (κ2) is 13.9. The van der Waals surface area contributed by atoms with Gasteiger partial charge in [0.05, 0.1) is 37.3 Å². The zero-order chi connectivity index (χ0) is 29.2. The van der Waals surface area contributed by atoms with Gasteiger partial charge in [0.25, 0.3) is 0 Å². The van der Waals surface area contributed by atoms with Crippen LogP contribution in [0, 0.1) is 5.82 Å². The zero-order valence-corrected chi connectivity index (χ0v) is 23.7. The number of carbonyl (C=O) groups excluding carboxylic acids is 1. The van der Waals surface area contributed by atoms with E-state index in [1.54, 1.807) is 60.7 Å². The highest BCUT2D eigenvalue weighted by Gasteiger charge is 2.29. The molecule has 0 aliphatic heterocycles. The van der Waals surface area contributed by atoms with Crippen LogP contribution in [0.25, 0.3) is 11.1 Å². The summed E-state index contributed by atoms with van der Waals surface area (Å²) in [6.07, 6.45) is 1.38. The molecule has 0 heterocycles. The van der Waals surface area contributed by atoms with Crippen molar-refractivity contribution in [3.63, 3.8) is 0 Å². The monoisotopic (exact) mass is 577 g/mol. The molecule has 0 amide bonds. The van der Waals surface area contributed by atoms with Crippen LogP contribution in [0.2, 0.25) is 0 Å². The highest BCUT2D eigenvalue weighted by Crippen LogP contribution is 2.29. The summed E-state index contributed by atoms with van der Waals surface area (Å²) in [4.78, 5) is 12.7. The highest BCUT2D eigenvalue weighted by atomic mass is 32.2. The number of esters is 1. The van der Waals surface area contributed by atoms with E-state index < -0.39 is 27.9 Å². The average Bonchev–Trinajstić information content (AvgIpc) is 2.98. The fraction of sp³-hybridized carbons (Fsp3) is 0.219. The third kappa shape index (κ3) is 8.15. The molecule has 0 fully saturated rings. The largest absolute Gasteiger partial charge is 0.494 e. The van der Waals surface area contributed by atoms with Gasteiger partial charge in [-0.05, 0) is 59.5 Å². The van der Waals surface area contributed by atoms with Crippen molar-refractivity contribution in [1.29, 1.82) is 0 Å². The van der Waals surface area contributed by atoms with Crippen LogP contribution in [-0.4, -0.2) is 47.0 Å². The van der Waals surface area contributed by atoms with E-state index in [1.807, 2.05) is 30.3 Å². The first-order valence-electron chi connectivity index (χ1n) is 13.0. The Hall–Kier alpha value is -4.21. The Balaban J connectivity index is 1.56. The smallest absolute Gasteiger partial charge is 0.338 e. The lowest BCUT2D eigenvalue weighted by molar-refractivity contribution is 0.0453. The maximum atomic E-state index is 14.3. The van der Waals surface area contributed by atoms with Crippen molar-refractivity contribution in [2.45, 2.75) is 19.1 Å². The number of methoxy groups -OCH3 is 1.